The van der Waals surface area contributed by atoms with E-state index in [1.54, 1.807) is 12.1 Å². The number of halogens is 1. The van der Waals surface area contributed by atoms with Crippen molar-refractivity contribution >= 4 is 11.6 Å². The number of benzene rings is 1. The van der Waals surface area contributed by atoms with Gasteiger partial charge in [-0.3, -0.25) is 4.57 Å². The minimum atomic E-state index is -0.245. The molecule has 5 nitrogen and oxygen atoms in total. The Kier molecular flexibility index (Phi) is 3.87. The molecule has 2 heterocycles. The smallest absolute Gasteiger partial charge is 0.231 e. The predicted octanol–water partition coefficient (Wildman–Crippen LogP) is 2.79. The summed E-state index contributed by atoms with van der Waals surface area (Å²) >= 11 is 0. The van der Waals surface area contributed by atoms with Crippen molar-refractivity contribution in [1.82, 2.24) is 14.8 Å². The van der Waals surface area contributed by atoms with Gasteiger partial charge in [-0.25, -0.2) is 4.39 Å². The number of rotatable bonds is 3. The molecule has 2 aromatic rings. The largest absolute Gasteiger partial charge is 0.381 e. The van der Waals surface area contributed by atoms with E-state index in [2.05, 4.69) is 17.1 Å². The summed E-state index contributed by atoms with van der Waals surface area (Å²) in [5.41, 5.74) is 0.864. The number of anilines is 2. The Balaban J connectivity index is 1.91. The maximum atomic E-state index is 13.1. The molecule has 6 heteroatoms. The lowest BCUT2D eigenvalue weighted by Crippen LogP contribution is -2.33. The number of aromatic nitrogens is 3. The minimum Gasteiger partial charge on any atom is -0.381 e. The first kappa shape index (κ1) is 15.0. The van der Waals surface area contributed by atoms with Crippen molar-refractivity contribution in [1.29, 1.82) is 0 Å². The van der Waals surface area contributed by atoms with Gasteiger partial charge >= 0.3 is 0 Å². The van der Waals surface area contributed by atoms with Gasteiger partial charge in [-0.2, -0.15) is 0 Å². The maximum absolute atomic E-state index is 13.1. The summed E-state index contributed by atoms with van der Waals surface area (Å²) in [6, 6.07) is 6.37. The van der Waals surface area contributed by atoms with Crippen LogP contribution < -0.4 is 4.90 Å². The molecule has 1 aromatic carbocycles. The van der Waals surface area contributed by atoms with E-state index in [1.807, 2.05) is 23.6 Å². The molecule has 0 atom stereocenters. The van der Waals surface area contributed by atoms with Crippen molar-refractivity contribution < 1.29 is 9.13 Å². The second kappa shape index (κ2) is 5.68. The zero-order valence-electron chi connectivity index (χ0n) is 13.2. The van der Waals surface area contributed by atoms with Crippen molar-refractivity contribution in [3.8, 4) is 0 Å². The molecule has 0 radical (unpaired) electrons. The molecule has 118 valence electrons. The monoisotopic (exact) mass is 304 g/mol. The second-order valence-electron chi connectivity index (χ2n) is 6.09. The lowest BCUT2D eigenvalue weighted by molar-refractivity contribution is 0.0525. The third-order valence-electron chi connectivity index (χ3n) is 4.50. The third kappa shape index (κ3) is 2.59. The summed E-state index contributed by atoms with van der Waals surface area (Å²) in [6.45, 7) is 3.72. The highest BCUT2D eigenvalue weighted by Crippen LogP contribution is 2.34. The minimum absolute atomic E-state index is 0.0120. The van der Waals surface area contributed by atoms with Crippen LogP contribution in [0.5, 0.6) is 0 Å². The Hall–Kier alpha value is -1.95. The van der Waals surface area contributed by atoms with Crippen LogP contribution in [0.1, 0.15) is 25.6 Å². The van der Waals surface area contributed by atoms with Crippen LogP contribution in [0.4, 0.5) is 16.0 Å². The van der Waals surface area contributed by atoms with Crippen molar-refractivity contribution in [3.05, 3.63) is 35.9 Å². The molecular weight excluding hydrogens is 283 g/mol. The fraction of sp³-hybridized carbons (Fsp3) is 0.500. The summed E-state index contributed by atoms with van der Waals surface area (Å²) in [5, 5.41) is 8.76. The molecule has 0 aliphatic carbocycles. The normalized spacial score (nSPS) is 17.5. The van der Waals surface area contributed by atoms with E-state index >= 15 is 0 Å². The van der Waals surface area contributed by atoms with Gasteiger partial charge in [-0.15, -0.1) is 10.2 Å². The summed E-state index contributed by atoms with van der Waals surface area (Å²) < 4.78 is 20.5. The fourth-order valence-corrected chi connectivity index (χ4v) is 2.96. The first-order chi connectivity index (χ1) is 10.5. The van der Waals surface area contributed by atoms with Crippen LogP contribution >= 0.6 is 0 Å². The molecule has 22 heavy (non-hydrogen) atoms. The van der Waals surface area contributed by atoms with Gasteiger partial charge in [0.25, 0.3) is 0 Å². The van der Waals surface area contributed by atoms with Gasteiger partial charge in [0.05, 0.1) is 0 Å². The van der Waals surface area contributed by atoms with Gasteiger partial charge in [0.15, 0.2) is 0 Å². The van der Waals surface area contributed by atoms with E-state index in [4.69, 9.17) is 4.74 Å². The summed E-state index contributed by atoms with van der Waals surface area (Å²) in [5.74, 6) is 1.47. The van der Waals surface area contributed by atoms with Gasteiger partial charge in [0.2, 0.25) is 5.95 Å². The predicted molar refractivity (Wildman–Crippen MR) is 82.9 cm³/mol. The Morgan fingerprint density at radius 3 is 2.45 bits per heavy atom. The van der Waals surface area contributed by atoms with E-state index in [9.17, 15) is 4.39 Å². The summed E-state index contributed by atoms with van der Waals surface area (Å²) in [7, 11) is 3.89. The second-order valence-corrected chi connectivity index (χ2v) is 6.09. The van der Waals surface area contributed by atoms with Crippen molar-refractivity contribution in [3.63, 3.8) is 0 Å². The lowest BCUT2D eigenvalue weighted by atomic mass is 9.81. The molecule has 0 saturated carbocycles. The molecule has 1 aliphatic rings. The van der Waals surface area contributed by atoms with Gasteiger partial charge in [-0.1, -0.05) is 6.92 Å². The summed E-state index contributed by atoms with van der Waals surface area (Å²) in [6.07, 6.45) is 1.89. The number of hydrogen-bond donors (Lipinski definition) is 0. The molecule has 0 unspecified atom stereocenters. The van der Waals surface area contributed by atoms with E-state index in [0.717, 1.165) is 43.5 Å². The van der Waals surface area contributed by atoms with E-state index in [1.165, 1.54) is 12.1 Å². The standard InChI is InChI=1S/C16H21FN4O/c1-16(8-10-22-11-9-16)14-18-19-15(21(14)3)20(2)13-6-4-12(17)5-7-13/h4-7H,8-11H2,1-3H3. The number of nitrogens with zero attached hydrogens (tertiary/aromatic N) is 4. The van der Waals surface area contributed by atoms with Gasteiger partial charge < -0.3 is 9.64 Å². The Morgan fingerprint density at radius 2 is 1.82 bits per heavy atom. The average Bonchev–Trinajstić information content (AvgIpc) is 2.90. The van der Waals surface area contributed by atoms with Crippen molar-refractivity contribution in [2.45, 2.75) is 25.2 Å². The molecular formula is C16H21FN4O. The lowest BCUT2D eigenvalue weighted by Gasteiger charge is -2.32. The van der Waals surface area contributed by atoms with Gasteiger partial charge in [0.1, 0.15) is 11.6 Å². The van der Waals surface area contributed by atoms with Crippen LogP contribution in [0.2, 0.25) is 0 Å². The van der Waals surface area contributed by atoms with Crippen LogP contribution in [-0.2, 0) is 17.2 Å². The zero-order chi connectivity index (χ0) is 15.7. The highest BCUT2D eigenvalue weighted by atomic mass is 19.1. The molecule has 1 aliphatic heterocycles. The average molecular weight is 304 g/mol. The SMILES string of the molecule is CN(c1ccc(F)cc1)c1nnc(C2(C)CCOCC2)n1C. The Morgan fingerprint density at radius 1 is 1.18 bits per heavy atom. The topological polar surface area (TPSA) is 43.2 Å². The molecule has 1 saturated heterocycles. The fourth-order valence-electron chi connectivity index (χ4n) is 2.96. The highest BCUT2D eigenvalue weighted by Gasteiger charge is 2.34. The zero-order valence-corrected chi connectivity index (χ0v) is 13.2. The molecule has 1 aromatic heterocycles. The molecule has 0 spiro atoms. The molecule has 0 bridgehead atoms. The summed E-state index contributed by atoms with van der Waals surface area (Å²) in [4.78, 5) is 1.92. The number of ether oxygens (including phenoxy) is 1. The maximum Gasteiger partial charge on any atom is 0.231 e. The van der Waals surface area contributed by atoms with E-state index < -0.39 is 0 Å². The van der Waals surface area contributed by atoms with Crippen LogP contribution in [0.3, 0.4) is 0 Å². The van der Waals surface area contributed by atoms with Crippen LogP contribution in [0.25, 0.3) is 0 Å². The van der Waals surface area contributed by atoms with E-state index in [-0.39, 0.29) is 11.2 Å². The van der Waals surface area contributed by atoms with Crippen LogP contribution in [0, 0.1) is 5.82 Å². The molecule has 0 N–H and O–H groups in total. The van der Waals surface area contributed by atoms with Crippen LogP contribution in [0.15, 0.2) is 24.3 Å². The van der Waals surface area contributed by atoms with Crippen molar-refractivity contribution in [2.75, 3.05) is 25.2 Å². The van der Waals surface area contributed by atoms with E-state index in [0.29, 0.717) is 0 Å². The van der Waals surface area contributed by atoms with Gasteiger partial charge in [-0.05, 0) is 37.1 Å². The molecule has 0 amide bonds. The highest BCUT2D eigenvalue weighted by molar-refractivity contribution is 5.56. The van der Waals surface area contributed by atoms with Crippen molar-refractivity contribution in [2.24, 2.45) is 7.05 Å². The Bertz CT molecular complexity index is 647. The Labute approximate surface area is 129 Å². The molecule has 3 rings (SSSR count). The first-order valence-corrected chi connectivity index (χ1v) is 7.48. The third-order valence-corrected chi connectivity index (χ3v) is 4.50. The molecule has 1 fully saturated rings. The quantitative estimate of drug-likeness (QED) is 0.874. The van der Waals surface area contributed by atoms with Crippen LogP contribution in [-0.4, -0.2) is 35.0 Å². The van der Waals surface area contributed by atoms with Gasteiger partial charge in [0, 0.05) is 38.4 Å². The first-order valence-electron chi connectivity index (χ1n) is 7.48. The number of hydrogen-bond acceptors (Lipinski definition) is 4.